The van der Waals surface area contributed by atoms with Crippen molar-refractivity contribution in [1.82, 2.24) is 9.38 Å². The number of methoxy groups -OCH3 is 1. The molecule has 0 unspecified atom stereocenters. The topological polar surface area (TPSA) is 55.6 Å². The molecule has 0 aliphatic heterocycles. The van der Waals surface area contributed by atoms with E-state index in [1.54, 1.807) is 35.7 Å². The van der Waals surface area contributed by atoms with Gasteiger partial charge in [-0.05, 0) is 37.3 Å². The molecule has 0 radical (unpaired) electrons. The first-order valence-electron chi connectivity index (χ1n) is 7.31. The van der Waals surface area contributed by atoms with Gasteiger partial charge in [0.05, 0.1) is 24.1 Å². The van der Waals surface area contributed by atoms with Gasteiger partial charge in [-0.3, -0.25) is 9.20 Å². The van der Waals surface area contributed by atoms with E-state index in [1.165, 1.54) is 13.2 Å². The first-order chi connectivity index (χ1) is 11.8. The van der Waals surface area contributed by atoms with Crippen molar-refractivity contribution in [1.29, 1.82) is 0 Å². The summed E-state index contributed by atoms with van der Waals surface area (Å²) in [5.41, 5.74) is 0.344. The van der Waals surface area contributed by atoms with Crippen LogP contribution in [0.5, 0.6) is 5.75 Å². The molecule has 0 aliphatic rings. The van der Waals surface area contributed by atoms with Crippen molar-refractivity contribution in [2.75, 3.05) is 12.4 Å². The van der Waals surface area contributed by atoms with Gasteiger partial charge in [0, 0.05) is 6.20 Å². The van der Waals surface area contributed by atoms with Crippen LogP contribution in [0.1, 0.15) is 21.7 Å². The Labute approximate surface area is 141 Å². The maximum atomic E-state index is 12.9. The number of imidazole rings is 1. The molecule has 0 bridgehead atoms. The maximum absolute atomic E-state index is 12.9. The van der Waals surface area contributed by atoms with Crippen LogP contribution in [-0.4, -0.2) is 22.4 Å². The van der Waals surface area contributed by atoms with Crippen molar-refractivity contribution >= 4 is 17.2 Å². The molecule has 0 atom stereocenters. The van der Waals surface area contributed by atoms with E-state index < -0.39 is 17.6 Å². The Morgan fingerprint density at radius 1 is 1.24 bits per heavy atom. The molecular weight excluding hydrogens is 335 g/mol. The molecule has 3 aromatic rings. The lowest BCUT2D eigenvalue weighted by molar-refractivity contribution is -0.137. The average molecular weight is 349 g/mol. The van der Waals surface area contributed by atoms with Gasteiger partial charge < -0.3 is 10.1 Å². The molecule has 0 spiro atoms. The summed E-state index contributed by atoms with van der Waals surface area (Å²) < 4.78 is 45.4. The number of anilines is 1. The van der Waals surface area contributed by atoms with Crippen LogP contribution in [0.3, 0.4) is 0 Å². The van der Waals surface area contributed by atoms with Crippen LogP contribution >= 0.6 is 0 Å². The third-order valence-electron chi connectivity index (χ3n) is 3.69. The molecule has 0 saturated carbocycles. The van der Waals surface area contributed by atoms with E-state index in [2.05, 4.69) is 10.3 Å². The minimum Gasteiger partial charge on any atom is -0.495 e. The number of nitrogens with one attached hydrogen (secondary N) is 1. The molecule has 1 amide bonds. The van der Waals surface area contributed by atoms with Gasteiger partial charge in [0.1, 0.15) is 17.1 Å². The largest absolute Gasteiger partial charge is 0.495 e. The lowest BCUT2D eigenvalue weighted by Crippen LogP contribution is -2.17. The highest BCUT2D eigenvalue weighted by atomic mass is 19.4. The molecule has 0 saturated heterocycles. The SMILES string of the molecule is COc1ccc(C(F)(F)F)cc1NC(=O)c1c(C)nc2ccccn12. The monoisotopic (exact) mass is 349 g/mol. The van der Waals surface area contributed by atoms with Crippen molar-refractivity contribution in [2.24, 2.45) is 0 Å². The third-order valence-corrected chi connectivity index (χ3v) is 3.69. The van der Waals surface area contributed by atoms with Gasteiger partial charge in [0.15, 0.2) is 0 Å². The summed E-state index contributed by atoms with van der Waals surface area (Å²) in [6, 6.07) is 8.15. The predicted molar refractivity (Wildman–Crippen MR) is 85.9 cm³/mol. The summed E-state index contributed by atoms with van der Waals surface area (Å²) in [7, 11) is 1.32. The number of hydrogen-bond acceptors (Lipinski definition) is 3. The fourth-order valence-corrected chi connectivity index (χ4v) is 2.55. The second-order valence-electron chi connectivity index (χ2n) is 5.34. The summed E-state index contributed by atoms with van der Waals surface area (Å²) in [6.07, 6.45) is -2.86. The first-order valence-corrected chi connectivity index (χ1v) is 7.31. The number of rotatable bonds is 3. The number of pyridine rings is 1. The van der Waals surface area contributed by atoms with E-state index in [0.29, 0.717) is 11.3 Å². The number of nitrogens with zero attached hydrogens (tertiary/aromatic N) is 2. The van der Waals surface area contributed by atoms with Crippen molar-refractivity contribution in [3.05, 3.63) is 59.5 Å². The van der Waals surface area contributed by atoms with Crippen molar-refractivity contribution in [3.63, 3.8) is 0 Å². The normalized spacial score (nSPS) is 11.6. The lowest BCUT2D eigenvalue weighted by atomic mass is 10.1. The van der Waals surface area contributed by atoms with Gasteiger partial charge in [-0.25, -0.2) is 4.98 Å². The predicted octanol–water partition coefficient (Wildman–Crippen LogP) is 3.92. The van der Waals surface area contributed by atoms with Crippen molar-refractivity contribution < 1.29 is 22.7 Å². The van der Waals surface area contributed by atoms with E-state index in [9.17, 15) is 18.0 Å². The molecule has 1 N–H and O–H groups in total. The molecule has 130 valence electrons. The fourth-order valence-electron chi connectivity index (χ4n) is 2.55. The standard InChI is InChI=1S/C17H14F3N3O2/c1-10-15(23-8-4-3-5-14(23)21-10)16(24)22-12-9-11(17(18,19)20)6-7-13(12)25-2/h3-9H,1-2H3,(H,22,24). The number of halogens is 3. The number of aromatic nitrogens is 2. The smallest absolute Gasteiger partial charge is 0.416 e. The third kappa shape index (κ3) is 3.15. The molecule has 0 aliphatic carbocycles. The molecular formula is C17H14F3N3O2. The van der Waals surface area contributed by atoms with E-state index in [4.69, 9.17) is 4.74 Å². The van der Waals surface area contributed by atoms with Crippen molar-refractivity contribution in [3.8, 4) is 5.75 Å². The zero-order chi connectivity index (χ0) is 18.2. The molecule has 3 rings (SSSR count). The Morgan fingerprint density at radius 2 is 2.00 bits per heavy atom. The van der Waals surface area contributed by atoms with Gasteiger partial charge in [-0.2, -0.15) is 13.2 Å². The highest BCUT2D eigenvalue weighted by molar-refractivity contribution is 6.05. The summed E-state index contributed by atoms with van der Waals surface area (Å²) in [4.78, 5) is 16.9. The van der Waals surface area contributed by atoms with Crippen LogP contribution in [0.25, 0.3) is 5.65 Å². The quantitative estimate of drug-likeness (QED) is 0.780. The van der Waals surface area contributed by atoms with E-state index >= 15 is 0 Å². The van der Waals surface area contributed by atoms with Crippen LogP contribution < -0.4 is 10.1 Å². The number of carbonyl (C=O) groups excluding carboxylic acids is 1. The second-order valence-corrected chi connectivity index (χ2v) is 5.34. The van der Waals surface area contributed by atoms with Crippen LogP contribution in [0.4, 0.5) is 18.9 Å². The number of aryl methyl sites for hydroxylation is 1. The zero-order valence-electron chi connectivity index (χ0n) is 13.4. The number of ether oxygens (including phenoxy) is 1. The fraction of sp³-hybridized carbons (Fsp3) is 0.176. The molecule has 8 heteroatoms. The number of amides is 1. The number of hydrogen-bond donors (Lipinski definition) is 1. The zero-order valence-corrected chi connectivity index (χ0v) is 13.4. The summed E-state index contributed by atoms with van der Waals surface area (Å²) in [5, 5.41) is 2.48. The molecule has 5 nitrogen and oxygen atoms in total. The van der Waals surface area contributed by atoms with Gasteiger partial charge in [-0.1, -0.05) is 6.07 Å². The Bertz CT molecular complexity index is 948. The molecule has 1 aromatic carbocycles. The van der Waals surface area contributed by atoms with Crippen molar-refractivity contribution in [2.45, 2.75) is 13.1 Å². The minimum atomic E-state index is -4.52. The summed E-state index contributed by atoms with van der Waals surface area (Å²) in [6.45, 7) is 1.66. The Morgan fingerprint density at radius 3 is 2.68 bits per heavy atom. The summed E-state index contributed by atoms with van der Waals surface area (Å²) in [5.74, 6) is -0.443. The number of benzene rings is 1. The van der Waals surface area contributed by atoms with Crippen LogP contribution in [0.15, 0.2) is 42.6 Å². The van der Waals surface area contributed by atoms with Crippen LogP contribution in [-0.2, 0) is 6.18 Å². The molecule has 2 heterocycles. The molecule has 2 aromatic heterocycles. The highest BCUT2D eigenvalue weighted by Crippen LogP contribution is 2.35. The second kappa shape index (κ2) is 6.12. The van der Waals surface area contributed by atoms with Gasteiger partial charge >= 0.3 is 6.18 Å². The first kappa shape index (κ1) is 16.8. The molecule has 0 fully saturated rings. The van der Waals surface area contributed by atoms with Gasteiger partial charge in [-0.15, -0.1) is 0 Å². The maximum Gasteiger partial charge on any atom is 0.416 e. The number of alkyl halides is 3. The lowest BCUT2D eigenvalue weighted by Gasteiger charge is -2.14. The molecule has 25 heavy (non-hydrogen) atoms. The van der Waals surface area contributed by atoms with Gasteiger partial charge in [0.25, 0.3) is 5.91 Å². The Kier molecular flexibility index (Phi) is 4.12. The Balaban J connectivity index is 2.01. The summed E-state index contributed by atoms with van der Waals surface area (Å²) >= 11 is 0. The minimum absolute atomic E-state index is 0.0624. The van der Waals surface area contributed by atoms with Crippen LogP contribution in [0.2, 0.25) is 0 Å². The average Bonchev–Trinajstić information content (AvgIpc) is 2.89. The number of fused-ring (bicyclic) bond motifs is 1. The van der Waals surface area contributed by atoms with Gasteiger partial charge in [0.2, 0.25) is 0 Å². The Hall–Kier alpha value is -3.03. The van der Waals surface area contributed by atoms with E-state index in [0.717, 1.165) is 12.1 Å². The van der Waals surface area contributed by atoms with E-state index in [-0.39, 0.29) is 17.1 Å². The van der Waals surface area contributed by atoms with E-state index in [1.807, 2.05) is 0 Å². The van der Waals surface area contributed by atoms with Crippen LogP contribution in [0, 0.1) is 6.92 Å². The highest BCUT2D eigenvalue weighted by Gasteiger charge is 2.31. The number of carbonyl (C=O) groups is 1.